The molecule has 1 atom stereocenters. The Morgan fingerprint density at radius 1 is 1.26 bits per heavy atom. The Labute approximate surface area is 142 Å². The molecule has 1 rings (SSSR count). The Bertz CT molecular complexity index is 494. The number of rotatable bonds is 8. The number of amides is 1. The fraction of sp³-hybridized carbons (Fsp3) is 0.500. The van der Waals surface area contributed by atoms with Crippen LogP contribution in [0.5, 0.6) is 5.75 Å². The summed E-state index contributed by atoms with van der Waals surface area (Å²) in [7, 11) is 1.62. The smallest absolute Gasteiger partial charge is 0.238 e. The normalized spacial score (nSPS) is 11.4. The van der Waals surface area contributed by atoms with Crippen LogP contribution in [-0.4, -0.2) is 37.4 Å². The van der Waals surface area contributed by atoms with Crippen molar-refractivity contribution in [2.24, 2.45) is 0 Å². The Balaban J connectivity index is 2.10. The van der Waals surface area contributed by atoms with Gasteiger partial charge in [-0.05, 0) is 44.6 Å². The second-order valence-corrected chi connectivity index (χ2v) is 5.68. The minimum Gasteiger partial charge on any atom is -0.494 e. The molecule has 0 aliphatic rings. The molecule has 23 heavy (non-hydrogen) atoms. The van der Waals surface area contributed by atoms with Crippen LogP contribution in [0.2, 0.25) is 0 Å². The molecule has 6 nitrogen and oxygen atoms in total. The minimum atomic E-state index is -0.138. The van der Waals surface area contributed by atoms with Gasteiger partial charge < -0.3 is 14.8 Å². The zero-order chi connectivity index (χ0) is 17.1. The van der Waals surface area contributed by atoms with E-state index in [0.29, 0.717) is 31.2 Å². The summed E-state index contributed by atoms with van der Waals surface area (Å²) in [5.74, 6) is 0.674. The molecule has 3 N–H and O–H groups in total. The van der Waals surface area contributed by atoms with E-state index in [9.17, 15) is 4.79 Å². The van der Waals surface area contributed by atoms with Gasteiger partial charge in [0.1, 0.15) is 5.75 Å². The highest BCUT2D eigenvalue weighted by molar-refractivity contribution is 7.80. The third-order valence-electron chi connectivity index (χ3n) is 2.95. The van der Waals surface area contributed by atoms with Gasteiger partial charge in [-0.25, -0.2) is 0 Å². The molecule has 1 aromatic carbocycles. The number of methoxy groups -OCH3 is 1. The van der Waals surface area contributed by atoms with Crippen molar-refractivity contribution in [3.63, 3.8) is 0 Å². The van der Waals surface area contributed by atoms with Gasteiger partial charge in [0.05, 0.1) is 13.2 Å². The van der Waals surface area contributed by atoms with Gasteiger partial charge in [-0.1, -0.05) is 17.7 Å². The topological polar surface area (TPSA) is 71.6 Å². The van der Waals surface area contributed by atoms with E-state index in [1.807, 2.05) is 38.1 Å². The van der Waals surface area contributed by atoms with Gasteiger partial charge in [0.15, 0.2) is 5.11 Å². The van der Waals surface area contributed by atoms with Crippen LogP contribution in [0.3, 0.4) is 0 Å². The molecule has 0 saturated heterocycles. The van der Waals surface area contributed by atoms with E-state index in [4.69, 9.17) is 21.7 Å². The van der Waals surface area contributed by atoms with Gasteiger partial charge in [-0.3, -0.25) is 15.6 Å². The molecule has 0 heterocycles. The third-order valence-corrected chi connectivity index (χ3v) is 3.17. The molecule has 128 valence electrons. The lowest BCUT2D eigenvalue weighted by Gasteiger charge is -2.16. The number of carbonyl (C=O) groups is 1. The maximum absolute atomic E-state index is 11.7. The summed E-state index contributed by atoms with van der Waals surface area (Å²) in [6, 6.07) is 7.89. The second kappa shape index (κ2) is 10.8. The summed E-state index contributed by atoms with van der Waals surface area (Å²) in [6.45, 7) is 4.98. The molecule has 1 aromatic rings. The van der Waals surface area contributed by atoms with Crippen LogP contribution in [0, 0.1) is 6.92 Å². The van der Waals surface area contributed by atoms with Crippen LogP contribution < -0.4 is 20.9 Å². The Hall–Kier alpha value is -1.86. The Morgan fingerprint density at radius 2 is 1.96 bits per heavy atom. The number of carbonyl (C=O) groups excluding carboxylic acids is 1. The average molecular weight is 339 g/mol. The Kier molecular flexibility index (Phi) is 9.01. The van der Waals surface area contributed by atoms with Crippen molar-refractivity contribution in [1.29, 1.82) is 0 Å². The van der Waals surface area contributed by atoms with Crippen molar-refractivity contribution in [3.05, 3.63) is 29.8 Å². The second-order valence-electron chi connectivity index (χ2n) is 5.27. The van der Waals surface area contributed by atoms with Gasteiger partial charge in [0.25, 0.3) is 0 Å². The monoisotopic (exact) mass is 339 g/mol. The number of benzene rings is 1. The lowest BCUT2D eigenvalue weighted by Crippen LogP contribution is -2.49. The van der Waals surface area contributed by atoms with Crippen molar-refractivity contribution in [1.82, 2.24) is 16.2 Å². The summed E-state index contributed by atoms with van der Waals surface area (Å²) in [5.41, 5.74) is 6.40. The molecule has 0 fully saturated rings. The summed E-state index contributed by atoms with van der Waals surface area (Å²) < 4.78 is 10.6. The molecule has 0 saturated carbocycles. The van der Waals surface area contributed by atoms with Crippen molar-refractivity contribution in [2.75, 3.05) is 20.3 Å². The maximum Gasteiger partial charge on any atom is 0.238 e. The summed E-state index contributed by atoms with van der Waals surface area (Å²) in [4.78, 5) is 11.7. The largest absolute Gasteiger partial charge is 0.494 e. The lowest BCUT2D eigenvalue weighted by molar-refractivity contribution is -0.121. The van der Waals surface area contributed by atoms with Crippen molar-refractivity contribution in [3.8, 4) is 5.75 Å². The van der Waals surface area contributed by atoms with Crippen LogP contribution in [0.25, 0.3) is 0 Å². The van der Waals surface area contributed by atoms with E-state index >= 15 is 0 Å². The third kappa shape index (κ3) is 9.00. The molecule has 1 amide bonds. The maximum atomic E-state index is 11.7. The van der Waals surface area contributed by atoms with Gasteiger partial charge in [-0.2, -0.15) is 0 Å². The number of hydrazine groups is 1. The molecule has 0 aliphatic heterocycles. The van der Waals surface area contributed by atoms with Crippen molar-refractivity contribution < 1.29 is 14.3 Å². The zero-order valence-electron chi connectivity index (χ0n) is 13.8. The lowest BCUT2D eigenvalue weighted by atomic mass is 10.2. The molecule has 0 aliphatic carbocycles. The first kappa shape index (κ1) is 19.2. The summed E-state index contributed by atoms with van der Waals surface area (Å²) >= 11 is 5.06. The van der Waals surface area contributed by atoms with Crippen LogP contribution in [0.1, 0.15) is 25.3 Å². The number of thiocarbonyl (C=S) groups is 1. The van der Waals surface area contributed by atoms with Crippen LogP contribution >= 0.6 is 12.2 Å². The molecule has 0 radical (unpaired) electrons. The predicted octanol–water partition coefficient (Wildman–Crippen LogP) is 1.68. The van der Waals surface area contributed by atoms with E-state index in [1.54, 1.807) is 7.11 Å². The van der Waals surface area contributed by atoms with Crippen molar-refractivity contribution >= 4 is 23.2 Å². The van der Waals surface area contributed by atoms with Crippen LogP contribution in [-0.2, 0) is 9.53 Å². The summed E-state index contributed by atoms with van der Waals surface area (Å²) in [6.07, 6.45) is 0.983. The van der Waals surface area contributed by atoms with Gasteiger partial charge in [0.2, 0.25) is 5.91 Å². The fourth-order valence-electron chi connectivity index (χ4n) is 1.80. The van der Waals surface area contributed by atoms with E-state index < -0.39 is 0 Å². The molecule has 0 aromatic heterocycles. The molecular formula is C16H25N3O3S. The number of aryl methyl sites for hydroxylation is 1. The highest BCUT2D eigenvalue weighted by atomic mass is 32.1. The highest BCUT2D eigenvalue weighted by Crippen LogP contribution is 2.11. The minimum absolute atomic E-state index is 0.0693. The number of hydrogen-bond acceptors (Lipinski definition) is 4. The quantitative estimate of drug-likeness (QED) is 0.380. The van der Waals surface area contributed by atoms with E-state index in [0.717, 1.165) is 5.75 Å². The van der Waals surface area contributed by atoms with Crippen LogP contribution in [0.15, 0.2) is 24.3 Å². The molecule has 0 unspecified atom stereocenters. The molecule has 0 bridgehead atoms. The van der Waals surface area contributed by atoms with E-state index in [-0.39, 0.29) is 11.9 Å². The Morgan fingerprint density at radius 3 is 2.61 bits per heavy atom. The first-order chi connectivity index (χ1) is 11.0. The predicted molar refractivity (Wildman–Crippen MR) is 94.3 cm³/mol. The average Bonchev–Trinajstić information content (AvgIpc) is 2.51. The molecule has 7 heteroatoms. The fourth-order valence-corrected chi connectivity index (χ4v) is 2.05. The van der Waals surface area contributed by atoms with E-state index in [2.05, 4.69) is 16.2 Å². The van der Waals surface area contributed by atoms with E-state index in [1.165, 1.54) is 5.56 Å². The van der Waals surface area contributed by atoms with Gasteiger partial charge >= 0.3 is 0 Å². The van der Waals surface area contributed by atoms with Crippen molar-refractivity contribution in [2.45, 2.75) is 32.7 Å². The molecular weight excluding hydrogens is 314 g/mol. The van der Waals surface area contributed by atoms with Gasteiger partial charge in [0, 0.05) is 19.6 Å². The van der Waals surface area contributed by atoms with Crippen LogP contribution in [0.4, 0.5) is 0 Å². The number of ether oxygens (including phenoxy) is 2. The molecule has 0 spiro atoms. The SMILES string of the molecule is COC[C@H](C)NC(=S)NNC(=O)CCCOc1ccc(C)cc1. The highest BCUT2D eigenvalue weighted by Gasteiger charge is 2.05. The standard InChI is InChI=1S/C16H25N3O3S/c1-12-6-8-14(9-7-12)22-10-4-5-15(20)18-19-16(23)17-13(2)11-21-3/h6-9,13H,4-5,10-11H2,1-3H3,(H,18,20)(H2,17,19,23)/t13-/m0/s1. The number of hydrogen-bond donors (Lipinski definition) is 3. The zero-order valence-corrected chi connectivity index (χ0v) is 14.7. The number of nitrogens with one attached hydrogen (secondary N) is 3. The van der Waals surface area contributed by atoms with Gasteiger partial charge in [-0.15, -0.1) is 0 Å². The first-order valence-corrected chi connectivity index (χ1v) is 7.96. The first-order valence-electron chi connectivity index (χ1n) is 7.55. The summed E-state index contributed by atoms with van der Waals surface area (Å²) in [5, 5.41) is 3.35.